The molecule has 0 aliphatic carbocycles. The van der Waals surface area contributed by atoms with Crippen molar-refractivity contribution in [2.45, 2.75) is 220 Å². The molecule has 0 radical (unpaired) electrons. The lowest BCUT2D eigenvalue weighted by Crippen LogP contribution is -2.46. The Morgan fingerprint density at radius 1 is 0.381 bits per heavy atom. The Kier molecular flexibility index (Phi) is 38.0. The van der Waals surface area contributed by atoms with Crippen LogP contribution in [-0.2, 0) is 4.79 Å². The molecule has 42 heavy (non-hydrogen) atoms. The van der Waals surface area contributed by atoms with Crippen LogP contribution in [-0.4, -0.2) is 37.1 Å². The first kappa shape index (κ1) is 43.6. The van der Waals surface area contributed by atoms with Crippen LogP contribution in [0, 0.1) is 0 Å². The molecule has 0 bridgehead atoms. The molecular weight excluding hydrogens is 514 g/mol. The Bertz CT molecular complexity index is 443. The van der Waals surface area contributed by atoms with E-state index in [1.807, 2.05) is 0 Å². The van der Waals surface area contributed by atoms with Gasteiger partial charge in [-0.2, -0.15) is 0 Å². The van der Waals surface area contributed by atoms with Crippen molar-refractivity contribution in [1.82, 2.24) is 0 Å². The van der Waals surface area contributed by atoms with E-state index < -0.39 is 5.97 Å². The van der Waals surface area contributed by atoms with E-state index in [1.54, 1.807) is 0 Å². The fourth-order valence-corrected chi connectivity index (χ4v) is 6.28. The average Bonchev–Trinajstić information content (AvgIpc) is 2.96. The molecule has 3 heteroatoms. The normalized spacial score (nSPS) is 11.5. The van der Waals surface area contributed by atoms with Gasteiger partial charge in [-0.05, 0) is 45.4 Å². The van der Waals surface area contributed by atoms with Crippen molar-refractivity contribution in [2.75, 3.05) is 26.7 Å². The number of aliphatic carboxylic acids is 1. The Morgan fingerprint density at radius 2 is 0.524 bits per heavy atom. The van der Waals surface area contributed by atoms with Gasteiger partial charge in [-0.3, -0.25) is 0 Å². The van der Waals surface area contributed by atoms with E-state index in [0.29, 0.717) is 0 Å². The number of carboxylic acid groups (broad SMARTS) is 1. The molecule has 0 atom stereocenters. The van der Waals surface area contributed by atoms with Crippen molar-refractivity contribution in [1.29, 1.82) is 0 Å². The van der Waals surface area contributed by atoms with E-state index in [2.05, 4.69) is 27.8 Å². The van der Waals surface area contributed by atoms with Crippen LogP contribution in [0.4, 0.5) is 0 Å². The molecule has 0 spiro atoms. The minimum absolute atomic E-state index is 0.972. The lowest BCUT2D eigenvalue weighted by atomic mass is 10.0. The molecule has 0 aliphatic rings. The van der Waals surface area contributed by atoms with Gasteiger partial charge < -0.3 is 14.4 Å². The molecule has 0 heterocycles. The van der Waals surface area contributed by atoms with Crippen LogP contribution in [0.5, 0.6) is 0 Å². The summed E-state index contributed by atoms with van der Waals surface area (Å²) in [6, 6.07) is 0. The van der Waals surface area contributed by atoms with Crippen molar-refractivity contribution in [3.63, 3.8) is 0 Å². The van der Waals surface area contributed by atoms with Gasteiger partial charge in [-0.15, -0.1) is 0 Å². The van der Waals surface area contributed by atoms with Gasteiger partial charge in [-0.1, -0.05) is 175 Å². The average molecular weight is 596 g/mol. The van der Waals surface area contributed by atoms with Gasteiger partial charge in [0.25, 0.3) is 0 Å². The second kappa shape index (κ2) is 36.6. The fourth-order valence-electron chi connectivity index (χ4n) is 6.28. The summed E-state index contributed by atoms with van der Waals surface area (Å²) in [6.07, 6.45) is 43.8. The van der Waals surface area contributed by atoms with Crippen molar-refractivity contribution in [3.05, 3.63) is 0 Å². The quantitative estimate of drug-likeness (QED) is 0.0559. The highest BCUT2D eigenvalue weighted by atomic mass is 16.4. The van der Waals surface area contributed by atoms with Gasteiger partial charge in [0.15, 0.2) is 0 Å². The number of quaternary nitrogens is 1. The highest BCUT2D eigenvalue weighted by Gasteiger charge is 2.20. The lowest BCUT2D eigenvalue weighted by molar-refractivity contribution is -0.910. The summed E-state index contributed by atoms with van der Waals surface area (Å²) in [5.74, 6) is -1.08. The smallest absolute Gasteiger partial charge is 0.0784 e. The van der Waals surface area contributed by atoms with E-state index in [-0.39, 0.29) is 0 Å². The number of hydrogen-bond donors (Lipinski definition) is 0. The molecule has 0 aliphatic heterocycles. The van der Waals surface area contributed by atoms with Gasteiger partial charge in [0.2, 0.25) is 0 Å². The van der Waals surface area contributed by atoms with Gasteiger partial charge in [-0.25, -0.2) is 0 Å². The van der Waals surface area contributed by atoms with Crippen LogP contribution < -0.4 is 5.11 Å². The Hall–Kier alpha value is -0.570. The van der Waals surface area contributed by atoms with Crippen LogP contribution in [0.25, 0.3) is 0 Å². The zero-order valence-corrected chi connectivity index (χ0v) is 30.1. The second-order valence-electron chi connectivity index (χ2n) is 13.8. The molecule has 0 fully saturated rings. The number of nitrogens with zero attached hydrogens (tertiary/aromatic N) is 1. The monoisotopic (exact) mass is 596 g/mol. The molecule has 0 amide bonds. The zero-order valence-electron chi connectivity index (χ0n) is 30.1. The fraction of sp³-hybridized carbons (Fsp3) is 0.974. The summed E-state index contributed by atoms with van der Waals surface area (Å²) in [5, 5.41) is 8.89. The second-order valence-corrected chi connectivity index (χ2v) is 13.8. The summed E-state index contributed by atoms with van der Waals surface area (Å²) >= 11 is 0. The molecule has 3 nitrogen and oxygen atoms in total. The van der Waals surface area contributed by atoms with E-state index in [0.717, 1.165) is 6.92 Å². The standard InChI is InChI=1S/C37H78N.C2H4O2/c1-5-8-11-14-17-20-23-26-29-32-35-38(4,36-33-30-27-24-21-18-15-12-9-6-2)37-34-31-28-25-22-19-16-13-10-7-3;1-2(3)4/h5-37H2,1-4H3;1H3,(H,3,4)/q+1;/p-1. The van der Waals surface area contributed by atoms with Crippen LogP contribution in [0.3, 0.4) is 0 Å². The molecule has 0 aromatic carbocycles. The third kappa shape index (κ3) is 39.4. The van der Waals surface area contributed by atoms with E-state index in [9.17, 15) is 0 Å². The maximum absolute atomic E-state index is 8.89. The highest BCUT2D eigenvalue weighted by Crippen LogP contribution is 2.18. The molecule has 254 valence electrons. The SMILES string of the molecule is CC(=O)[O-].CCCCCCCCCCCC[N+](C)(CCCCCCCCCCCC)CCCCCCCCCCCC. The van der Waals surface area contributed by atoms with E-state index in [4.69, 9.17) is 9.90 Å². The van der Waals surface area contributed by atoms with Crippen LogP contribution in [0.15, 0.2) is 0 Å². The minimum Gasteiger partial charge on any atom is -0.550 e. The maximum atomic E-state index is 8.89. The van der Waals surface area contributed by atoms with Gasteiger partial charge >= 0.3 is 0 Å². The molecule has 0 rings (SSSR count). The zero-order chi connectivity index (χ0) is 31.4. The predicted octanol–water partition coefficient (Wildman–Crippen LogP) is 12.0. The Morgan fingerprint density at radius 3 is 0.690 bits per heavy atom. The molecule has 0 N–H and O–H groups in total. The molecular formula is C39H81NO2. The Balaban J connectivity index is 0. The maximum Gasteiger partial charge on any atom is 0.0784 e. The molecule has 0 saturated carbocycles. The van der Waals surface area contributed by atoms with Gasteiger partial charge in [0.05, 0.1) is 26.7 Å². The summed E-state index contributed by atoms with van der Waals surface area (Å²) in [7, 11) is 2.61. The minimum atomic E-state index is -1.08. The number of hydrogen-bond acceptors (Lipinski definition) is 2. The topological polar surface area (TPSA) is 40.1 Å². The van der Waals surface area contributed by atoms with Gasteiger partial charge in [0, 0.05) is 5.97 Å². The van der Waals surface area contributed by atoms with Crippen molar-refractivity contribution in [3.8, 4) is 0 Å². The van der Waals surface area contributed by atoms with Crippen molar-refractivity contribution in [2.24, 2.45) is 0 Å². The largest absolute Gasteiger partial charge is 0.550 e. The third-order valence-corrected chi connectivity index (χ3v) is 9.15. The van der Waals surface area contributed by atoms with Gasteiger partial charge in [0.1, 0.15) is 0 Å². The number of unbranched alkanes of at least 4 members (excludes halogenated alkanes) is 27. The van der Waals surface area contributed by atoms with Crippen LogP contribution in [0.1, 0.15) is 220 Å². The third-order valence-electron chi connectivity index (χ3n) is 9.15. The summed E-state index contributed by atoms with van der Waals surface area (Å²) < 4.78 is 1.37. The Labute approximate surface area is 267 Å². The molecule has 0 aromatic heterocycles. The first-order chi connectivity index (χ1) is 20.4. The summed E-state index contributed by atoms with van der Waals surface area (Å²) in [5.41, 5.74) is 0. The lowest BCUT2D eigenvalue weighted by Gasteiger charge is -2.35. The van der Waals surface area contributed by atoms with E-state index >= 15 is 0 Å². The summed E-state index contributed by atoms with van der Waals surface area (Å²) in [4.78, 5) is 8.89. The summed E-state index contributed by atoms with van der Waals surface area (Å²) in [6.45, 7) is 12.2. The molecule has 0 saturated heterocycles. The van der Waals surface area contributed by atoms with E-state index in [1.165, 1.54) is 217 Å². The number of carbonyl (C=O) groups excluding carboxylic acids is 1. The van der Waals surface area contributed by atoms with Crippen LogP contribution >= 0.6 is 0 Å². The number of carboxylic acids is 1. The predicted molar refractivity (Wildman–Crippen MR) is 187 cm³/mol. The van der Waals surface area contributed by atoms with Crippen LogP contribution in [0.2, 0.25) is 0 Å². The number of carbonyl (C=O) groups is 1. The van der Waals surface area contributed by atoms with Crippen molar-refractivity contribution >= 4 is 5.97 Å². The highest BCUT2D eigenvalue weighted by molar-refractivity contribution is 5.60. The van der Waals surface area contributed by atoms with Crippen molar-refractivity contribution < 1.29 is 14.4 Å². The molecule has 0 aromatic rings. The molecule has 0 unspecified atom stereocenters. The number of rotatable bonds is 33. The first-order valence-corrected chi connectivity index (χ1v) is 19.4. The first-order valence-electron chi connectivity index (χ1n) is 19.4.